The normalized spacial score (nSPS) is 15.8. The fourth-order valence-electron chi connectivity index (χ4n) is 2.48. The molecular formula is C16H24N2O2. The minimum atomic E-state index is -0.00460. The van der Waals surface area contributed by atoms with Crippen molar-refractivity contribution in [1.29, 1.82) is 0 Å². The van der Waals surface area contributed by atoms with E-state index in [1.165, 1.54) is 19.3 Å². The van der Waals surface area contributed by atoms with Gasteiger partial charge in [0.05, 0.1) is 6.10 Å². The highest BCUT2D eigenvalue weighted by molar-refractivity contribution is 5.76. The molecule has 4 nitrogen and oxygen atoms in total. The maximum absolute atomic E-state index is 11.3. The molecule has 110 valence electrons. The molecule has 1 aromatic carbocycles. The van der Waals surface area contributed by atoms with Crippen molar-refractivity contribution < 1.29 is 9.53 Å². The lowest BCUT2D eigenvalue weighted by molar-refractivity contribution is -0.121. The Balaban J connectivity index is 1.78. The number of nitrogens with two attached hydrogens (primary N) is 1. The van der Waals surface area contributed by atoms with Crippen LogP contribution < -0.4 is 15.8 Å². The highest BCUT2D eigenvalue weighted by Crippen LogP contribution is 2.23. The monoisotopic (exact) mass is 276 g/mol. The van der Waals surface area contributed by atoms with Gasteiger partial charge in [-0.25, -0.2) is 0 Å². The fraction of sp³-hybridized carbons (Fsp3) is 0.562. The Kier molecular flexibility index (Phi) is 5.87. The smallest absolute Gasteiger partial charge is 0.221 e. The molecule has 0 bridgehead atoms. The van der Waals surface area contributed by atoms with Gasteiger partial charge >= 0.3 is 0 Å². The Morgan fingerprint density at radius 2 is 1.90 bits per heavy atom. The third kappa shape index (κ3) is 4.85. The zero-order valence-corrected chi connectivity index (χ0v) is 11.9. The summed E-state index contributed by atoms with van der Waals surface area (Å²) >= 11 is 0. The number of amides is 1. The van der Waals surface area contributed by atoms with Crippen molar-refractivity contribution in [3.8, 4) is 5.75 Å². The Morgan fingerprint density at radius 3 is 2.55 bits per heavy atom. The van der Waals surface area contributed by atoms with Gasteiger partial charge in [0.25, 0.3) is 0 Å². The molecule has 0 aliphatic heterocycles. The second-order valence-electron chi connectivity index (χ2n) is 5.34. The molecule has 0 saturated heterocycles. The molecule has 0 heterocycles. The van der Waals surface area contributed by atoms with Crippen LogP contribution in [0.1, 0.15) is 44.1 Å². The minimum Gasteiger partial charge on any atom is -0.490 e. The van der Waals surface area contributed by atoms with Gasteiger partial charge in [0.1, 0.15) is 5.75 Å². The summed E-state index contributed by atoms with van der Waals surface area (Å²) in [4.78, 5) is 11.3. The van der Waals surface area contributed by atoms with Crippen LogP contribution in [0, 0.1) is 0 Å². The summed E-state index contributed by atoms with van der Waals surface area (Å²) in [5.41, 5.74) is 6.41. The number of carbonyl (C=O) groups is 1. The van der Waals surface area contributed by atoms with Crippen LogP contribution in [0.2, 0.25) is 0 Å². The Morgan fingerprint density at radius 1 is 1.20 bits per heavy atom. The van der Waals surface area contributed by atoms with Crippen molar-refractivity contribution in [3.05, 3.63) is 29.8 Å². The summed E-state index contributed by atoms with van der Waals surface area (Å²) in [6.45, 7) is 0.933. The maximum atomic E-state index is 11.3. The molecule has 0 spiro atoms. The SMILES string of the molecule is NCCC(=O)NCc1ccc(OC2CCCCC2)cc1. The molecule has 1 aliphatic rings. The molecule has 2 rings (SSSR count). The van der Waals surface area contributed by atoms with Gasteiger partial charge in [-0.15, -0.1) is 0 Å². The lowest BCUT2D eigenvalue weighted by Gasteiger charge is -2.23. The van der Waals surface area contributed by atoms with Crippen molar-refractivity contribution in [1.82, 2.24) is 5.32 Å². The van der Waals surface area contributed by atoms with Gasteiger partial charge in [0, 0.05) is 19.5 Å². The quantitative estimate of drug-likeness (QED) is 0.838. The number of benzene rings is 1. The summed E-state index contributed by atoms with van der Waals surface area (Å²) in [6, 6.07) is 7.97. The van der Waals surface area contributed by atoms with E-state index in [0.717, 1.165) is 24.2 Å². The van der Waals surface area contributed by atoms with E-state index in [4.69, 9.17) is 10.5 Å². The van der Waals surface area contributed by atoms with Gasteiger partial charge in [-0.05, 0) is 43.4 Å². The average molecular weight is 276 g/mol. The molecule has 3 N–H and O–H groups in total. The number of rotatable bonds is 6. The van der Waals surface area contributed by atoms with Gasteiger partial charge in [-0.1, -0.05) is 18.6 Å². The Hall–Kier alpha value is -1.55. The molecule has 0 unspecified atom stereocenters. The second kappa shape index (κ2) is 7.90. The molecule has 20 heavy (non-hydrogen) atoms. The van der Waals surface area contributed by atoms with Gasteiger partial charge in [-0.2, -0.15) is 0 Å². The van der Waals surface area contributed by atoms with Crippen LogP contribution in [-0.4, -0.2) is 18.6 Å². The molecule has 0 aromatic heterocycles. The van der Waals surface area contributed by atoms with Crippen LogP contribution >= 0.6 is 0 Å². The van der Waals surface area contributed by atoms with Gasteiger partial charge in [0.15, 0.2) is 0 Å². The number of nitrogens with one attached hydrogen (secondary N) is 1. The van der Waals surface area contributed by atoms with Crippen LogP contribution in [0.15, 0.2) is 24.3 Å². The molecular weight excluding hydrogens is 252 g/mol. The van der Waals surface area contributed by atoms with E-state index >= 15 is 0 Å². The standard InChI is InChI=1S/C16H24N2O2/c17-11-10-16(19)18-12-13-6-8-15(9-7-13)20-14-4-2-1-3-5-14/h6-9,14H,1-5,10-12,17H2,(H,18,19). The first-order chi connectivity index (χ1) is 9.78. The van der Waals surface area contributed by atoms with E-state index in [1.54, 1.807) is 0 Å². The van der Waals surface area contributed by atoms with E-state index in [9.17, 15) is 4.79 Å². The van der Waals surface area contributed by atoms with E-state index in [-0.39, 0.29) is 5.91 Å². The van der Waals surface area contributed by atoms with Crippen molar-refractivity contribution in [2.75, 3.05) is 6.54 Å². The third-order valence-corrected chi connectivity index (χ3v) is 3.64. The largest absolute Gasteiger partial charge is 0.490 e. The zero-order chi connectivity index (χ0) is 14.2. The lowest BCUT2D eigenvalue weighted by atomic mass is 9.98. The molecule has 0 radical (unpaired) electrons. The van der Waals surface area contributed by atoms with Crippen molar-refractivity contribution in [3.63, 3.8) is 0 Å². The van der Waals surface area contributed by atoms with Crippen molar-refractivity contribution in [2.24, 2.45) is 5.73 Å². The van der Waals surface area contributed by atoms with Crippen LogP contribution in [0.4, 0.5) is 0 Å². The van der Waals surface area contributed by atoms with Crippen LogP contribution in [0.3, 0.4) is 0 Å². The molecule has 4 heteroatoms. The van der Waals surface area contributed by atoms with Crippen LogP contribution in [-0.2, 0) is 11.3 Å². The Bertz CT molecular complexity index is 411. The molecule has 1 aromatic rings. The zero-order valence-electron chi connectivity index (χ0n) is 11.9. The summed E-state index contributed by atoms with van der Waals surface area (Å²) < 4.78 is 5.97. The first kappa shape index (κ1) is 14.9. The molecule has 0 atom stereocenters. The molecule has 1 fully saturated rings. The maximum Gasteiger partial charge on any atom is 0.221 e. The number of ether oxygens (including phenoxy) is 1. The van der Waals surface area contributed by atoms with Gasteiger partial charge in [-0.3, -0.25) is 4.79 Å². The van der Waals surface area contributed by atoms with Crippen molar-refractivity contribution >= 4 is 5.91 Å². The number of carbonyl (C=O) groups excluding carboxylic acids is 1. The summed E-state index contributed by atoms with van der Waals surface area (Å²) in [7, 11) is 0. The fourth-order valence-corrected chi connectivity index (χ4v) is 2.48. The highest BCUT2D eigenvalue weighted by Gasteiger charge is 2.14. The van der Waals surface area contributed by atoms with E-state index in [2.05, 4.69) is 5.32 Å². The van der Waals surface area contributed by atoms with Gasteiger partial charge < -0.3 is 15.8 Å². The van der Waals surface area contributed by atoms with E-state index in [1.807, 2.05) is 24.3 Å². The lowest BCUT2D eigenvalue weighted by Crippen LogP contribution is -2.25. The molecule has 1 aliphatic carbocycles. The first-order valence-corrected chi connectivity index (χ1v) is 7.50. The third-order valence-electron chi connectivity index (χ3n) is 3.64. The number of hydrogen-bond acceptors (Lipinski definition) is 3. The van der Waals surface area contributed by atoms with Crippen LogP contribution in [0.5, 0.6) is 5.75 Å². The second-order valence-corrected chi connectivity index (χ2v) is 5.34. The predicted octanol–water partition coefficient (Wildman–Crippen LogP) is 2.36. The van der Waals surface area contributed by atoms with E-state index < -0.39 is 0 Å². The Labute approximate surface area is 120 Å². The predicted molar refractivity (Wildman–Crippen MR) is 79.5 cm³/mol. The van der Waals surface area contributed by atoms with Crippen molar-refractivity contribution in [2.45, 2.75) is 51.2 Å². The van der Waals surface area contributed by atoms with E-state index in [0.29, 0.717) is 25.6 Å². The summed E-state index contributed by atoms with van der Waals surface area (Å²) in [6.07, 6.45) is 6.96. The number of hydrogen-bond donors (Lipinski definition) is 2. The topological polar surface area (TPSA) is 64.4 Å². The van der Waals surface area contributed by atoms with Gasteiger partial charge in [0.2, 0.25) is 5.91 Å². The first-order valence-electron chi connectivity index (χ1n) is 7.50. The highest BCUT2D eigenvalue weighted by atomic mass is 16.5. The van der Waals surface area contributed by atoms with Crippen LogP contribution in [0.25, 0.3) is 0 Å². The molecule has 1 amide bonds. The minimum absolute atomic E-state index is 0.00460. The average Bonchev–Trinajstić information content (AvgIpc) is 2.48. The molecule has 1 saturated carbocycles. The summed E-state index contributed by atoms with van der Waals surface area (Å²) in [5.74, 6) is 0.920. The summed E-state index contributed by atoms with van der Waals surface area (Å²) in [5, 5.41) is 2.84.